The Hall–Kier alpha value is -1.63. The fourth-order valence-corrected chi connectivity index (χ4v) is 1.41. The summed E-state index contributed by atoms with van der Waals surface area (Å²) in [4.78, 5) is 12.0. The van der Waals surface area contributed by atoms with Crippen LogP contribution in [0.3, 0.4) is 0 Å². The molecule has 0 aromatic heterocycles. The van der Waals surface area contributed by atoms with Crippen LogP contribution in [-0.2, 0) is 0 Å². The van der Waals surface area contributed by atoms with Crippen LogP contribution < -0.4 is 10.1 Å². The average Bonchev–Trinajstić information content (AvgIpc) is 2.44. The Morgan fingerprint density at radius 2 is 1.78 bits per heavy atom. The number of hydrogen-bond acceptors (Lipinski definition) is 5. The molecule has 0 atom stereocenters. The minimum atomic E-state index is -1.45. The second-order valence-corrected chi connectivity index (χ2v) is 3.91. The Morgan fingerprint density at radius 1 is 1.22 bits per heavy atom. The fraction of sp³-hybridized carbons (Fsp3) is 0.417. The highest BCUT2D eigenvalue weighted by atomic mass is 16.5. The van der Waals surface area contributed by atoms with E-state index in [-0.39, 0.29) is 5.56 Å². The summed E-state index contributed by atoms with van der Waals surface area (Å²) in [5.74, 6) is -0.165. The number of methoxy groups -OCH3 is 1. The molecular weight excluding hydrogens is 238 g/mol. The first-order valence-electron chi connectivity index (χ1n) is 5.40. The molecule has 6 nitrogen and oxygen atoms in total. The minimum Gasteiger partial charge on any atom is -0.496 e. The average molecular weight is 255 g/mol. The first kappa shape index (κ1) is 14.4. The highest BCUT2D eigenvalue weighted by molar-refractivity contribution is 5.97. The van der Waals surface area contributed by atoms with E-state index in [2.05, 4.69) is 5.32 Å². The molecule has 18 heavy (non-hydrogen) atoms. The van der Waals surface area contributed by atoms with Crippen molar-refractivity contribution in [3.05, 3.63) is 29.8 Å². The van der Waals surface area contributed by atoms with E-state index in [1.165, 1.54) is 7.11 Å². The number of para-hydroxylation sites is 1. The lowest BCUT2D eigenvalue weighted by Crippen LogP contribution is -2.57. The number of amides is 1. The van der Waals surface area contributed by atoms with Gasteiger partial charge in [-0.3, -0.25) is 4.79 Å². The Bertz CT molecular complexity index is 395. The van der Waals surface area contributed by atoms with Gasteiger partial charge >= 0.3 is 0 Å². The number of aliphatic hydroxyl groups is 3. The molecule has 0 heterocycles. The zero-order valence-corrected chi connectivity index (χ0v) is 10.1. The molecule has 1 aromatic rings. The van der Waals surface area contributed by atoms with Crippen molar-refractivity contribution < 1.29 is 24.9 Å². The van der Waals surface area contributed by atoms with Gasteiger partial charge in [-0.15, -0.1) is 0 Å². The van der Waals surface area contributed by atoms with E-state index in [1.54, 1.807) is 24.3 Å². The van der Waals surface area contributed by atoms with Crippen LogP contribution in [0.15, 0.2) is 24.3 Å². The summed E-state index contributed by atoms with van der Waals surface area (Å²) >= 11 is 0. The molecule has 4 N–H and O–H groups in total. The summed E-state index contributed by atoms with van der Waals surface area (Å²) in [6.07, 6.45) is 0. The van der Waals surface area contributed by atoms with Gasteiger partial charge in [0, 0.05) is 0 Å². The van der Waals surface area contributed by atoms with Crippen molar-refractivity contribution in [1.29, 1.82) is 0 Å². The normalized spacial score (nSPS) is 11.1. The molecule has 0 spiro atoms. The number of hydrogen-bond donors (Lipinski definition) is 4. The smallest absolute Gasteiger partial charge is 0.255 e. The predicted molar refractivity (Wildman–Crippen MR) is 64.4 cm³/mol. The van der Waals surface area contributed by atoms with Gasteiger partial charge in [0.15, 0.2) is 0 Å². The van der Waals surface area contributed by atoms with Crippen molar-refractivity contribution in [3.63, 3.8) is 0 Å². The molecule has 1 rings (SSSR count). The Balaban J connectivity index is 2.94. The summed E-state index contributed by atoms with van der Waals surface area (Å²) in [5, 5.41) is 29.8. The monoisotopic (exact) mass is 255 g/mol. The van der Waals surface area contributed by atoms with Gasteiger partial charge in [0.2, 0.25) is 0 Å². The SMILES string of the molecule is COc1ccccc1C(=O)NC(CO)(CO)CO. The Kier molecular flexibility index (Phi) is 5.08. The van der Waals surface area contributed by atoms with Crippen molar-refractivity contribution >= 4 is 5.91 Å². The van der Waals surface area contributed by atoms with E-state index < -0.39 is 31.3 Å². The summed E-state index contributed by atoms with van der Waals surface area (Å²) in [7, 11) is 1.43. The first-order valence-corrected chi connectivity index (χ1v) is 5.40. The summed E-state index contributed by atoms with van der Waals surface area (Å²) < 4.78 is 5.03. The second-order valence-electron chi connectivity index (χ2n) is 3.91. The molecule has 0 saturated carbocycles. The van der Waals surface area contributed by atoms with Crippen LogP contribution in [0.25, 0.3) is 0 Å². The molecule has 100 valence electrons. The number of ether oxygens (including phenoxy) is 1. The summed E-state index contributed by atoms with van der Waals surface area (Å²) in [5.41, 5.74) is -1.18. The molecule has 1 aromatic carbocycles. The molecule has 0 aliphatic carbocycles. The molecule has 6 heteroatoms. The largest absolute Gasteiger partial charge is 0.496 e. The zero-order chi connectivity index (χ0) is 13.6. The lowest BCUT2D eigenvalue weighted by molar-refractivity contribution is 0.0374. The number of benzene rings is 1. The maximum atomic E-state index is 12.0. The van der Waals surface area contributed by atoms with Crippen LogP contribution in [-0.4, -0.2) is 53.7 Å². The second kappa shape index (κ2) is 6.34. The third kappa shape index (κ3) is 2.98. The molecule has 0 aliphatic rings. The van der Waals surface area contributed by atoms with Gasteiger partial charge in [0.25, 0.3) is 5.91 Å². The number of aliphatic hydroxyl groups excluding tert-OH is 3. The predicted octanol–water partition coefficient (Wildman–Crippen LogP) is -0.859. The summed E-state index contributed by atoms with van der Waals surface area (Å²) in [6.45, 7) is -1.71. The zero-order valence-electron chi connectivity index (χ0n) is 10.1. The van der Waals surface area contributed by atoms with Crippen LogP contribution in [0, 0.1) is 0 Å². The molecule has 1 amide bonds. The van der Waals surface area contributed by atoms with Gasteiger partial charge in [-0.25, -0.2) is 0 Å². The maximum absolute atomic E-state index is 12.0. The van der Waals surface area contributed by atoms with Crippen molar-refractivity contribution in [3.8, 4) is 5.75 Å². The van der Waals surface area contributed by atoms with E-state index in [1.807, 2.05) is 0 Å². The molecule has 0 radical (unpaired) electrons. The van der Waals surface area contributed by atoms with Gasteiger partial charge in [-0.2, -0.15) is 0 Å². The van der Waals surface area contributed by atoms with E-state index in [4.69, 9.17) is 20.1 Å². The lowest BCUT2D eigenvalue weighted by Gasteiger charge is -2.28. The van der Waals surface area contributed by atoms with Crippen LogP contribution in [0.5, 0.6) is 5.75 Å². The molecule has 0 aliphatic heterocycles. The highest BCUT2D eigenvalue weighted by Gasteiger charge is 2.31. The molecule has 0 unspecified atom stereocenters. The highest BCUT2D eigenvalue weighted by Crippen LogP contribution is 2.18. The van der Waals surface area contributed by atoms with Gasteiger partial charge in [-0.05, 0) is 12.1 Å². The standard InChI is InChI=1S/C12H17NO5/c1-18-10-5-3-2-4-9(10)11(17)13-12(6-14,7-15)8-16/h2-5,14-16H,6-8H2,1H3,(H,13,17). The van der Waals surface area contributed by atoms with Crippen molar-refractivity contribution in [2.75, 3.05) is 26.9 Å². The lowest BCUT2D eigenvalue weighted by atomic mass is 10.0. The van der Waals surface area contributed by atoms with E-state index in [9.17, 15) is 4.79 Å². The molecular formula is C12H17NO5. The van der Waals surface area contributed by atoms with E-state index in [0.29, 0.717) is 5.75 Å². The Labute approximate surface area is 105 Å². The molecule has 0 bridgehead atoms. The minimum absolute atomic E-state index is 0.264. The van der Waals surface area contributed by atoms with Gasteiger partial charge in [0.05, 0.1) is 32.5 Å². The van der Waals surface area contributed by atoms with Crippen LogP contribution in [0.2, 0.25) is 0 Å². The number of carbonyl (C=O) groups excluding carboxylic acids is 1. The van der Waals surface area contributed by atoms with Crippen molar-refractivity contribution in [2.24, 2.45) is 0 Å². The van der Waals surface area contributed by atoms with Crippen LogP contribution >= 0.6 is 0 Å². The topological polar surface area (TPSA) is 99.0 Å². The van der Waals surface area contributed by atoms with Crippen LogP contribution in [0.4, 0.5) is 0 Å². The first-order chi connectivity index (χ1) is 8.62. The van der Waals surface area contributed by atoms with E-state index in [0.717, 1.165) is 0 Å². The van der Waals surface area contributed by atoms with Gasteiger partial charge in [0.1, 0.15) is 11.3 Å². The third-order valence-electron chi connectivity index (χ3n) is 2.64. The molecule has 0 fully saturated rings. The third-order valence-corrected chi connectivity index (χ3v) is 2.64. The Morgan fingerprint density at radius 3 is 2.28 bits per heavy atom. The van der Waals surface area contributed by atoms with Crippen LogP contribution in [0.1, 0.15) is 10.4 Å². The fourth-order valence-electron chi connectivity index (χ4n) is 1.41. The number of carbonyl (C=O) groups is 1. The van der Waals surface area contributed by atoms with Gasteiger partial charge < -0.3 is 25.4 Å². The molecule has 0 saturated heterocycles. The van der Waals surface area contributed by atoms with E-state index >= 15 is 0 Å². The van der Waals surface area contributed by atoms with Gasteiger partial charge in [-0.1, -0.05) is 12.1 Å². The van der Waals surface area contributed by atoms with Crippen molar-refractivity contribution in [2.45, 2.75) is 5.54 Å². The number of rotatable bonds is 6. The maximum Gasteiger partial charge on any atom is 0.255 e. The summed E-state index contributed by atoms with van der Waals surface area (Å²) in [6, 6.07) is 6.54. The number of nitrogens with one attached hydrogen (secondary N) is 1. The van der Waals surface area contributed by atoms with Crippen molar-refractivity contribution in [1.82, 2.24) is 5.32 Å². The quantitative estimate of drug-likeness (QED) is 0.530.